The second-order valence-corrected chi connectivity index (χ2v) is 7.38. The molecule has 122 valence electrons. The molecule has 3 amide bonds. The molecule has 0 spiro atoms. The van der Waals surface area contributed by atoms with Crippen LogP contribution in [0.5, 0.6) is 0 Å². The highest BCUT2D eigenvalue weighted by Gasteiger charge is 2.29. The van der Waals surface area contributed by atoms with Crippen molar-refractivity contribution in [1.82, 2.24) is 15.1 Å². The largest absolute Gasteiger partial charge is 0.347 e. The van der Waals surface area contributed by atoms with Gasteiger partial charge in [-0.1, -0.05) is 20.8 Å². The third kappa shape index (κ3) is 5.21. The zero-order valence-electron chi connectivity index (χ0n) is 14.4. The number of rotatable bonds is 2. The molecule has 1 aliphatic heterocycles. The molecule has 1 heterocycles. The van der Waals surface area contributed by atoms with Gasteiger partial charge in [0.15, 0.2) is 0 Å². The number of carbonyl (C=O) groups is 2. The van der Waals surface area contributed by atoms with Crippen LogP contribution in [0, 0.1) is 11.3 Å². The third-order valence-corrected chi connectivity index (χ3v) is 4.39. The average Bonchev–Trinajstić information content (AvgIpc) is 2.62. The summed E-state index contributed by atoms with van der Waals surface area (Å²) in [5.41, 5.74) is 0.292. The van der Waals surface area contributed by atoms with E-state index in [1.54, 1.807) is 21.0 Å². The Morgan fingerprint density at radius 2 is 1.81 bits per heavy atom. The molecule has 0 aliphatic carbocycles. The molecule has 0 unspecified atom stereocenters. The van der Waals surface area contributed by atoms with E-state index in [1.807, 2.05) is 4.90 Å². The highest BCUT2D eigenvalue weighted by molar-refractivity contribution is 5.86. The van der Waals surface area contributed by atoms with Crippen molar-refractivity contribution < 1.29 is 9.59 Å². The highest BCUT2D eigenvalue weighted by atomic mass is 16.2. The van der Waals surface area contributed by atoms with Crippen molar-refractivity contribution in [3.05, 3.63) is 0 Å². The second kappa shape index (κ2) is 7.14. The van der Waals surface area contributed by atoms with Gasteiger partial charge in [-0.25, -0.2) is 4.79 Å². The Kier molecular flexibility index (Phi) is 6.05. The SMILES string of the molecule is C[C@@H](NC(=O)N1CCC[C@@H](C(C)(C)C)CC1)C(=O)N(C)C. The van der Waals surface area contributed by atoms with Crippen LogP contribution in [0.2, 0.25) is 0 Å². The van der Waals surface area contributed by atoms with Crippen molar-refractivity contribution in [3.8, 4) is 0 Å². The van der Waals surface area contributed by atoms with E-state index in [4.69, 9.17) is 0 Å². The average molecular weight is 297 g/mol. The van der Waals surface area contributed by atoms with Crippen molar-refractivity contribution in [2.24, 2.45) is 11.3 Å². The maximum Gasteiger partial charge on any atom is 0.318 e. The number of nitrogens with one attached hydrogen (secondary N) is 1. The fourth-order valence-electron chi connectivity index (χ4n) is 2.89. The molecule has 1 saturated heterocycles. The van der Waals surface area contributed by atoms with Gasteiger partial charge in [0.2, 0.25) is 5.91 Å². The predicted molar refractivity (Wildman–Crippen MR) is 85.1 cm³/mol. The predicted octanol–water partition coefficient (Wildman–Crippen LogP) is 2.32. The zero-order chi connectivity index (χ0) is 16.2. The van der Waals surface area contributed by atoms with Crippen LogP contribution < -0.4 is 5.32 Å². The van der Waals surface area contributed by atoms with Gasteiger partial charge in [-0.15, -0.1) is 0 Å². The number of urea groups is 1. The van der Waals surface area contributed by atoms with Crippen LogP contribution >= 0.6 is 0 Å². The van der Waals surface area contributed by atoms with Gasteiger partial charge in [0.05, 0.1) is 0 Å². The molecule has 0 bridgehead atoms. The summed E-state index contributed by atoms with van der Waals surface area (Å²) in [6, 6.07) is -0.596. The normalized spacial score (nSPS) is 21.4. The zero-order valence-corrected chi connectivity index (χ0v) is 14.4. The maximum absolute atomic E-state index is 12.3. The Morgan fingerprint density at radius 1 is 1.19 bits per heavy atom. The second-order valence-electron chi connectivity index (χ2n) is 7.38. The fourth-order valence-corrected chi connectivity index (χ4v) is 2.89. The molecule has 1 aliphatic rings. The fraction of sp³-hybridized carbons (Fsp3) is 0.875. The van der Waals surface area contributed by atoms with Gasteiger partial charge in [-0.05, 0) is 37.5 Å². The lowest BCUT2D eigenvalue weighted by molar-refractivity contribution is -0.130. The molecular weight excluding hydrogens is 266 g/mol. The minimum absolute atomic E-state index is 0.0780. The quantitative estimate of drug-likeness (QED) is 0.850. The molecule has 1 fully saturated rings. The molecule has 1 rings (SSSR count). The summed E-state index contributed by atoms with van der Waals surface area (Å²) in [7, 11) is 3.40. The van der Waals surface area contributed by atoms with Crippen molar-refractivity contribution in [2.75, 3.05) is 27.2 Å². The van der Waals surface area contributed by atoms with Gasteiger partial charge in [0.1, 0.15) is 6.04 Å². The van der Waals surface area contributed by atoms with Crippen LogP contribution in [-0.4, -0.2) is 55.0 Å². The van der Waals surface area contributed by atoms with Gasteiger partial charge in [0.25, 0.3) is 0 Å². The van der Waals surface area contributed by atoms with E-state index in [1.165, 1.54) is 11.3 Å². The summed E-state index contributed by atoms with van der Waals surface area (Å²) in [4.78, 5) is 27.4. The molecule has 5 heteroatoms. The van der Waals surface area contributed by atoms with E-state index < -0.39 is 6.04 Å². The number of hydrogen-bond acceptors (Lipinski definition) is 2. The van der Waals surface area contributed by atoms with Crippen LogP contribution in [0.3, 0.4) is 0 Å². The third-order valence-electron chi connectivity index (χ3n) is 4.39. The van der Waals surface area contributed by atoms with E-state index in [0.717, 1.165) is 25.9 Å². The number of amides is 3. The molecule has 0 aromatic rings. The van der Waals surface area contributed by atoms with Crippen LogP contribution in [0.15, 0.2) is 0 Å². The number of carbonyl (C=O) groups excluding carboxylic acids is 2. The van der Waals surface area contributed by atoms with Crippen molar-refractivity contribution in [2.45, 2.75) is 53.0 Å². The molecule has 21 heavy (non-hydrogen) atoms. The van der Waals surface area contributed by atoms with Gasteiger partial charge in [-0.3, -0.25) is 4.79 Å². The van der Waals surface area contributed by atoms with E-state index in [2.05, 4.69) is 26.1 Å². The van der Waals surface area contributed by atoms with Crippen LogP contribution in [0.4, 0.5) is 4.79 Å². The Bertz CT molecular complexity index is 374. The molecule has 2 atom stereocenters. The molecule has 0 aromatic carbocycles. The molecule has 0 aromatic heterocycles. The van der Waals surface area contributed by atoms with Crippen LogP contribution in [0.1, 0.15) is 47.0 Å². The summed E-state index contributed by atoms with van der Waals surface area (Å²) in [5.74, 6) is 0.571. The lowest BCUT2D eigenvalue weighted by atomic mass is 9.77. The Balaban J connectivity index is 2.54. The van der Waals surface area contributed by atoms with Gasteiger partial charge in [-0.2, -0.15) is 0 Å². The van der Waals surface area contributed by atoms with Crippen LogP contribution in [0.25, 0.3) is 0 Å². The molecule has 0 saturated carbocycles. The summed E-state index contributed by atoms with van der Waals surface area (Å²) in [6.07, 6.45) is 3.23. The Morgan fingerprint density at radius 3 is 2.33 bits per heavy atom. The van der Waals surface area contributed by atoms with E-state index in [-0.39, 0.29) is 11.9 Å². The first-order valence-electron chi connectivity index (χ1n) is 7.89. The smallest absolute Gasteiger partial charge is 0.318 e. The summed E-state index contributed by atoms with van der Waals surface area (Å²) in [5, 5.41) is 2.81. The van der Waals surface area contributed by atoms with Gasteiger partial charge in [0, 0.05) is 27.2 Å². The van der Waals surface area contributed by atoms with Gasteiger partial charge < -0.3 is 15.1 Å². The van der Waals surface area contributed by atoms with E-state index in [9.17, 15) is 9.59 Å². The first-order chi connectivity index (χ1) is 9.62. The summed E-state index contributed by atoms with van der Waals surface area (Å²) < 4.78 is 0. The molecular formula is C16H31N3O2. The van der Waals surface area contributed by atoms with Crippen LogP contribution in [-0.2, 0) is 4.79 Å². The topological polar surface area (TPSA) is 52.7 Å². The number of likely N-dealkylation sites (tertiary alicyclic amines) is 1. The maximum atomic E-state index is 12.3. The van der Waals surface area contributed by atoms with E-state index >= 15 is 0 Å². The highest BCUT2D eigenvalue weighted by Crippen LogP contribution is 2.34. The lowest BCUT2D eigenvalue weighted by Crippen LogP contribution is -2.49. The molecule has 1 N–H and O–H groups in total. The van der Waals surface area contributed by atoms with Gasteiger partial charge >= 0.3 is 6.03 Å². The number of likely N-dealkylation sites (N-methyl/N-ethyl adjacent to an activating group) is 1. The first-order valence-corrected chi connectivity index (χ1v) is 7.89. The number of hydrogen-bond donors (Lipinski definition) is 1. The summed E-state index contributed by atoms with van der Waals surface area (Å²) >= 11 is 0. The Hall–Kier alpha value is -1.26. The Labute approximate surface area is 129 Å². The minimum atomic E-state index is -0.478. The van der Waals surface area contributed by atoms with Crippen molar-refractivity contribution in [3.63, 3.8) is 0 Å². The van der Waals surface area contributed by atoms with E-state index in [0.29, 0.717) is 11.3 Å². The standard InChI is InChI=1S/C16H31N3O2/c1-12(14(20)18(5)6)17-15(21)19-10-7-8-13(9-11-19)16(2,3)4/h12-13H,7-11H2,1-6H3,(H,17,21)/t12-,13-/m1/s1. The number of nitrogens with zero attached hydrogens (tertiary/aromatic N) is 2. The first kappa shape index (κ1) is 17.8. The molecule has 5 nitrogen and oxygen atoms in total. The van der Waals surface area contributed by atoms with Crippen molar-refractivity contribution in [1.29, 1.82) is 0 Å². The van der Waals surface area contributed by atoms with Crippen molar-refractivity contribution >= 4 is 11.9 Å². The monoisotopic (exact) mass is 297 g/mol. The lowest BCUT2D eigenvalue weighted by Gasteiger charge is -2.30. The molecule has 0 radical (unpaired) electrons. The minimum Gasteiger partial charge on any atom is -0.347 e. The summed E-state index contributed by atoms with van der Waals surface area (Å²) in [6.45, 7) is 10.1.